The first-order valence-corrected chi connectivity index (χ1v) is 5.08. The van der Waals surface area contributed by atoms with Gasteiger partial charge in [-0.3, -0.25) is 4.79 Å². The number of hydrogen-bond acceptors (Lipinski definition) is 3. The van der Waals surface area contributed by atoms with E-state index < -0.39 is 23.9 Å². The third-order valence-electron chi connectivity index (χ3n) is 2.17. The summed E-state index contributed by atoms with van der Waals surface area (Å²) in [7, 11) is 0. The van der Waals surface area contributed by atoms with Crippen LogP contribution in [0.25, 0.3) is 0 Å². The first-order valence-electron chi connectivity index (χ1n) is 5.08. The Morgan fingerprint density at radius 3 is 2.53 bits per heavy atom. The van der Waals surface area contributed by atoms with Crippen molar-refractivity contribution in [3.8, 4) is 0 Å². The van der Waals surface area contributed by atoms with Crippen LogP contribution in [0.2, 0.25) is 0 Å². The van der Waals surface area contributed by atoms with E-state index in [1.807, 2.05) is 0 Å². The molecule has 1 amide bonds. The summed E-state index contributed by atoms with van der Waals surface area (Å²) in [6.07, 6.45) is 0. The molecule has 1 aromatic heterocycles. The van der Waals surface area contributed by atoms with Gasteiger partial charge >= 0.3 is 5.97 Å². The molecule has 6 heteroatoms. The highest BCUT2D eigenvalue weighted by molar-refractivity contribution is 5.94. The molecule has 0 bridgehead atoms. The molecule has 0 radical (unpaired) electrons. The molecular formula is C11H13FN2O3. The summed E-state index contributed by atoms with van der Waals surface area (Å²) in [6, 6.07) is 2.74. The first kappa shape index (κ1) is 13.1. The lowest BCUT2D eigenvalue weighted by atomic mass is 10.0. The van der Waals surface area contributed by atoms with E-state index in [-0.39, 0.29) is 11.6 Å². The third kappa shape index (κ3) is 3.51. The molecule has 1 rings (SSSR count). The zero-order chi connectivity index (χ0) is 13.0. The van der Waals surface area contributed by atoms with Crippen molar-refractivity contribution in [2.45, 2.75) is 19.9 Å². The Morgan fingerprint density at radius 1 is 1.41 bits per heavy atom. The molecule has 0 saturated heterocycles. The number of amides is 1. The molecule has 1 aromatic rings. The van der Waals surface area contributed by atoms with Crippen molar-refractivity contribution in [1.29, 1.82) is 0 Å². The largest absolute Gasteiger partial charge is 0.480 e. The summed E-state index contributed by atoms with van der Waals surface area (Å²) < 4.78 is 12.8. The number of rotatable bonds is 4. The minimum absolute atomic E-state index is 0.142. The van der Waals surface area contributed by atoms with Gasteiger partial charge in [-0.1, -0.05) is 19.9 Å². The number of nitrogens with zero attached hydrogens (tertiary/aromatic N) is 1. The lowest BCUT2D eigenvalue weighted by Crippen LogP contribution is -2.44. The molecule has 1 heterocycles. The predicted molar refractivity (Wildman–Crippen MR) is 57.9 cm³/mol. The highest BCUT2D eigenvalue weighted by atomic mass is 19.1. The number of carbonyl (C=O) groups excluding carboxylic acids is 1. The quantitative estimate of drug-likeness (QED) is 0.771. The summed E-state index contributed by atoms with van der Waals surface area (Å²) in [4.78, 5) is 25.9. The molecule has 5 nitrogen and oxygen atoms in total. The average Bonchev–Trinajstić information content (AvgIpc) is 2.24. The van der Waals surface area contributed by atoms with Crippen molar-refractivity contribution in [2.24, 2.45) is 5.92 Å². The number of aromatic nitrogens is 1. The topological polar surface area (TPSA) is 79.3 Å². The summed E-state index contributed by atoms with van der Waals surface area (Å²) in [5, 5.41) is 11.2. The SMILES string of the molecule is CC(C)[C@H](NC(=O)c1cccc(F)n1)C(=O)O. The van der Waals surface area contributed by atoms with Gasteiger partial charge in [0.25, 0.3) is 5.91 Å². The van der Waals surface area contributed by atoms with E-state index in [0.29, 0.717) is 0 Å². The van der Waals surface area contributed by atoms with E-state index in [1.165, 1.54) is 12.1 Å². The Balaban J connectivity index is 2.81. The van der Waals surface area contributed by atoms with Crippen molar-refractivity contribution in [2.75, 3.05) is 0 Å². The highest BCUT2D eigenvalue weighted by Crippen LogP contribution is 2.04. The number of nitrogens with one attached hydrogen (secondary N) is 1. The first-order chi connectivity index (χ1) is 7.91. The minimum Gasteiger partial charge on any atom is -0.480 e. The van der Waals surface area contributed by atoms with Crippen molar-refractivity contribution < 1.29 is 19.1 Å². The van der Waals surface area contributed by atoms with E-state index in [2.05, 4.69) is 10.3 Å². The molecule has 0 aromatic carbocycles. The van der Waals surface area contributed by atoms with Gasteiger partial charge in [0.2, 0.25) is 5.95 Å². The summed E-state index contributed by atoms with van der Waals surface area (Å²) in [5.41, 5.74) is -0.142. The van der Waals surface area contributed by atoms with E-state index in [0.717, 1.165) is 6.07 Å². The smallest absolute Gasteiger partial charge is 0.326 e. The summed E-state index contributed by atoms with van der Waals surface area (Å²) in [6.45, 7) is 3.33. The van der Waals surface area contributed by atoms with Crippen LogP contribution < -0.4 is 5.32 Å². The second-order valence-electron chi connectivity index (χ2n) is 3.88. The molecule has 1 atom stereocenters. The second-order valence-corrected chi connectivity index (χ2v) is 3.88. The van der Waals surface area contributed by atoms with Gasteiger partial charge in [0.05, 0.1) is 0 Å². The molecule has 0 unspecified atom stereocenters. The normalized spacial score (nSPS) is 12.2. The second kappa shape index (κ2) is 5.38. The van der Waals surface area contributed by atoms with Crippen molar-refractivity contribution in [3.05, 3.63) is 29.8 Å². The lowest BCUT2D eigenvalue weighted by Gasteiger charge is -2.17. The number of hydrogen-bond donors (Lipinski definition) is 2. The van der Waals surface area contributed by atoms with Crippen molar-refractivity contribution in [3.63, 3.8) is 0 Å². The standard InChI is InChI=1S/C11H13FN2O3/c1-6(2)9(11(16)17)14-10(15)7-4-3-5-8(12)13-7/h3-6,9H,1-2H3,(H,14,15)(H,16,17)/t9-/m0/s1. The van der Waals surface area contributed by atoms with Crippen molar-refractivity contribution in [1.82, 2.24) is 10.3 Å². The molecule has 0 spiro atoms. The fraction of sp³-hybridized carbons (Fsp3) is 0.364. The highest BCUT2D eigenvalue weighted by Gasteiger charge is 2.24. The maximum absolute atomic E-state index is 12.8. The molecular weight excluding hydrogens is 227 g/mol. The Labute approximate surface area is 97.7 Å². The molecule has 0 aliphatic heterocycles. The minimum atomic E-state index is -1.13. The number of carboxylic acid groups (broad SMARTS) is 1. The Hall–Kier alpha value is -1.98. The Kier molecular flexibility index (Phi) is 4.14. The van der Waals surface area contributed by atoms with E-state index in [1.54, 1.807) is 13.8 Å². The monoisotopic (exact) mass is 240 g/mol. The van der Waals surface area contributed by atoms with Crippen molar-refractivity contribution >= 4 is 11.9 Å². The fourth-order valence-corrected chi connectivity index (χ4v) is 1.26. The maximum Gasteiger partial charge on any atom is 0.326 e. The Bertz CT molecular complexity index is 434. The van der Waals surface area contributed by atoms with Gasteiger partial charge in [-0.05, 0) is 18.1 Å². The van der Waals surface area contributed by atoms with Crippen LogP contribution in [0.1, 0.15) is 24.3 Å². The number of pyridine rings is 1. The van der Waals surface area contributed by atoms with Gasteiger partial charge in [-0.25, -0.2) is 9.78 Å². The van der Waals surface area contributed by atoms with Gasteiger partial charge in [0, 0.05) is 0 Å². The van der Waals surface area contributed by atoms with Gasteiger partial charge in [-0.15, -0.1) is 0 Å². The zero-order valence-electron chi connectivity index (χ0n) is 9.48. The van der Waals surface area contributed by atoms with E-state index in [9.17, 15) is 14.0 Å². The van der Waals surface area contributed by atoms with Crippen LogP contribution in [0.4, 0.5) is 4.39 Å². The van der Waals surface area contributed by atoms with Gasteiger partial charge in [0.15, 0.2) is 0 Å². The van der Waals surface area contributed by atoms with E-state index >= 15 is 0 Å². The summed E-state index contributed by atoms with van der Waals surface area (Å²) in [5.74, 6) is -2.89. The van der Waals surface area contributed by atoms with Crippen LogP contribution in [0, 0.1) is 11.9 Å². The number of halogens is 1. The Morgan fingerprint density at radius 2 is 2.06 bits per heavy atom. The lowest BCUT2D eigenvalue weighted by molar-refractivity contribution is -0.140. The van der Waals surface area contributed by atoms with Crippen LogP contribution in [-0.2, 0) is 4.79 Å². The van der Waals surface area contributed by atoms with Crippen LogP contribution in [0.5, 0.6) is 0 Å². The van der Waals surface area contributed by atoms with Gasteiger partial charge < -0.3 is 10.4 Å². The summed E-state index contributed by atoms with van der Waals surface area (Å²) >= 11 is 0. The fourth-order valence-electron chi connectivity index (χ4n) is 1.26. The van der Waals surface area contributed by atoms with Gasteiger partial charge in [0.1, 0.15) is 11.7 Å². The molecule has 0 saturated carbocycles. The van der Waals surface area contributed by atoms with Crippen LogP contribution in [-0.4, -0.2) is 28.0 Å². The number of aliphatic carboxylic acids is 1. The third-order valence-corrected chi connectivity index (χ3v) is 2.17. The van der Waals surface area contributed by atoms with Crippen LogP contribution in [0.15, 0.2) is 18.2 Å². The maximum atomic E-state index is 12.8. The molecule has 0 fully saturated rings. The number of carbonyl (C=O) groups is 2. The van der Waals surface area contributed by atoms with Crippen LogP contribution >= 0.6 is 0 Å². The molecule has 0 aliphatic rings. The average molecular weight is 240 g/mol. The molecule has 2 N–H and O–H groups in total. The molecule has 17 heavy (non-hydrogen) atoms. The molecule has 92 valence electrons. The zero-order valence-corrected chi connectivity index (χ0v) is 9.48. The molecule has 0 aliphatic carbocycles. The number of carboxylic acids is 1. The van der Waals surface area contributed by atoms with Crippen LogP contribution in [0.3, 0.4) is 0 Å². The predicted octanol–water partition coefficient (Wildman–Crippen LogP) is 1.06. The van der Waals surface area contributed by atoms with Gasteiger partial charge in [-0.2, -0.15) is 4.39 Å². The van der Waals surface area contributed by atoms with E-state index in [4.69, 9.17) is 5.11 Å².